The molecule has 1 amide bonds. The van der Waals surface area contributed by atoms with Crippen LogP contribution in [0.25, 0.3) is 0 Å². The fourth-order valence-corrected chi connectivity index (χ4v) is 2.29. The Morgan fingerprint density at radius 2 is 1.72 bits per heavy atom. The van der Waals surface area contributed by atoms with E-state index < -0.39 is 11.6 Å². The Morgan fingerprint density at radius 3 is 2.28 bits per heavy atom. The van der Waals surface area contributed by atoms with Gasteiger partial charge >= 0.3 is 0 Å². The van der Waals surface area contributed by atoms with Crippen LogP contribution in [0.4, 0.5) is 8.78 Å². The molecule has 2 aromatic rings. The van der Waals surface area contributed by atoms with E-state index >= 15 is 0 Å². The quantitative estimate of drug-likeness (QED) is 0.810. The van der Waals surface area contributed by atoms with Gasteiger partial charge in [0.2, 0.25) is 0 Å². The number of hydrogen-bond donors (Lipinski definition) is 0. The molecule has 0 unspecified atom stereocenters. The van der Waals surface area contributed by atoms with E-state index in [1.54, 1.807) is 29.2 Å². The molecule has 0 heterocycles. The minimum absolute atomic E-state index is 0.103. The maximum atomic E-state index is 13.4. The van der Waals surface area contributed by atoms with Gasteiger partial charge in [0, 0.05) is 25.2 Å². The Labute approximate surface area is 145 Å². The van der Waals surface area contributed by atoms with Gasteiger partial charge in [-0.3, -0.25) is 4.79 Å². The molecule has 25 heavy (non-hydrogen) atoms. The molecule has 0 atom stereocenters. The number of hydrogen-bond acceptors (Lipinski definition) is 3. The molecule has 6 heteroatoms. The van der Waals surface area contributed by atoms with Crippen LogP contribution < -0.4 is 0 Å². The van der Waals surface area contributed by atoms with Crippen molar-refractivity contribution in [3.05, 3.63) is 70.8 Å². The minimum Gasteiger partial charge on any atom is -0.333 e. The zero-order chi connectivity index (χ0) is 18.4. The predicted octanol–water partition coefficient (Wildman–Crippen LogP) is 3.04. The fraction of sp³-hybridized carbons (Fsp3) is 0.263. The van der Waals surface area contributed by atoms with Gasteiger partial charge in [-0.25, -0.2) is 8.78 Å². The van der Waals surface area contributed by atoms with E-state index in [0.29, 0.717) is 25.2 Å². The second-order valence-corrected chi connectivity index (χ2v) is 5.97. The highest BCUT2D eigenvalue weighted by molar-refractivity contribution is 5.94. The molecule has 0 aliphatic carbocycles. The molecule has 0 bridgehead atoms. The van der Waals surface area contributed by atoms with Gasteiger partial charge in [0.15, 0.2) is 11.6 Å². The minimum atomic E-state index is -1.04. The van der Waals surface area contributed by atoms with Crippen LogP contribution in [0.15, 0.2) is 42.5 Å². The Kier molecular flexibility index (Phi) is 6.20. The Hall–Kier alpha value is -2.78. The van der Waals surface area contributed by atoms with E-state index in [9.17, 15) is 13.6 Å². The molecule has 0 radical (unpaired) electrons. The molecule has 0 saturated carbocycles. The summed E-state index contributed by atoms with van der Waals surface area (Å²) in [6, 6.07) is 12.1. The van der Waals surface area contributed by atoms with Gasteiger partial charge in [0.05, 0.1) is 11.6 Å². The lowest BCUT2D eigenvalue weighted by atomic mass is 10.1. The molecule has 0 N–H and O–H groups in total. The smallest absolute Gasteiger partial charge is 0.254 e. The number of rotatable bonds is 6. The van der Waals surface area contributed by atoms with Crippen LogP contribution in [-0.2, 0) is 6.54 Å². The standard InChI is InChI=1S/C19H19F2N3O/c1-23(2)9-10-24(13-15-5-3-14(12-22)4-6-15)19(25)16-7-8-17(20)18(21)11-16/h3-8,11H,9-10,13H2,1-2H3. The number of halogens is 2. The summed E-state index contributed by atoms with van der Waals surface area (Å²) < 4.78 is 26.5. The highest BCUT2D eigenvalue weighted by atomic mass is 19.2. The number of benzene rings is 2. The van der Waals surface area contributed by atoms with E-state index in [0.717, 1.165) is 17.7 Å². The number of carbonyl (C=O) groups excluding carboxylic acids is 1. The average molecular weight is 343 g/mol. The first-order chi connectivity index (χ1) is 11.9. The van der Waals surface area contributed by atoms with Crippen molar-refractivity contribution in [2.45, 2.75) is 6.54 Å². The Morgan fingerprint density at radius 1 is 1.04 bits per heavy atom. The molecular weight excluding hydrogens is 324 g/mol. The molecule has 0 spiro atoms. The average Bonchev–Trinajstić information content (AvgIpc) is 2.60. The van der Waals surface area contributed by atoms with E-state index in [1.165, 1.54) is 6.07 Å². The summed E-state index contributed by atoms with van der Waals surface area (Å²) in [6.45, 7) is 1.38. The van der Waals surface area contributed by atoms with E-state index in [-0.39, 0.29) is 11.5 Å². The van der Waals surface area contributed by atoms with Crippen molar-refractivity contribution in [2.24, 2.45) is 0 Å². The zero-order valence-electron chi connectivity index (χ0n) is 14.2. The molecule has 0 aliphatic heterocycles. The lowest BCUT2D eigenvalue weighted by molar-refractivity contribution is 0.0731. The van der Waals surface area contributed by atoms with Crippen molar-refractivity contribution in [1.82, 2.24) is 9.80 Å². The maximum absolute atomic E-state index is 13.4. The molecule has 0 aliphatic rings. The highest BCUT2D eigenvalue weighted by Crippen LogP contribution is 2.14. The van der Waals surface area contributed by atoms with Crippen LogP contribution in [0.5, 0.6) is 0 Å². The topological polar surface area (TPSA) is 47.3 Å². The molecule has 0 saturated heterocycles. The van der Waals surface area contributed by atoms with Crippen molar-refractivity contribution in [3.8, 4) is 6.07 Å². The van der Waals surface area contributed by atoms with Crippen LogP contribution in [0.1, 0.15) is 21.5 Å². The van der Waals surface area contributed by atoms with Crippen LogP contribution in [0, 0.1) is 23.0 Å². The van der Waals surface area contributed by atoms with Gasteiger partial charge in [-0.15, -0.1) is 0 Å². The molecule has 130 valence electrons. The number of nitriles is 1. The third-order valence-corrected chi connectivity index (χ3v) is 3.73. The number of nitrogens with zero attached hydrogens (tertiary/aromatic N) is 3. The van der Waals surface area contributed by atoms with Gasteiger partial charge in [-0.1, -0.05) is 12.1 Å². The third kappa shape index (κ3) is 5.10. The lowest BCUT2D eigenvalue weighted by Crippen LogP contribution is -2.36. The second kappa shape index (κ2) is 8.36. The first-order valence-electron chi connectivity index (χ1n) is 7.79. The molecular formula is C19H19F2N3O. The summed E-state index contributed by atoms with van der Waals surface area (Å²) in [5.74, 6) is -2.40. The van der Waals surface area contributed by atoms with Gasteiger partial charge < -0.3 is 9.80 Å². The summed E-state index contributed by atoms with van der Waals surface area (Å²) >= 11 is 0. The molecule has 2 aromatic carbocycles. The zero-order valence-corrected chi connectivity index (χ0v) is 14.2. The van der Waals surface area contributed by atoms with Crippen molar-refractivity contribution >= 4 is 5.91 Å². The van der Waals surface area contributed by atoms with Crippen LogP contribution in [0.3, 0.4) is 0 Å². The van der Waals surface area contributed by atoms with Gasteiger partial charge in [-0.05, 0) is 50.0 Å². The van der Waals surface area contributed by atoms with E-state index in [4.69, 9.17) is 5.26 Å². The summed E-state index contributed by atoms with van der Waals surface area (Å²) in [4.78, 5) is 16.2. The maximum Gasteiger partial charge on any atom is 0.254 e. The predicted molar refractivity (Wildman–Crippen MR) is 90.8 cm³/mol. The lowest BCUT2D eigenvalue weighted by Gasteiger charge is -2.25. The van der Waals surface area contributed by atoms with E-state index in [1.807, 2.05) is 25.1 Å². The second-order valence-electron chi connectivity index (χ2n) is 5.97. The summed E-state index contributed by atoms with van der Waals surface area (Å²) in [7, 11) is 3.78. The fourth-order valence-electron chi connectivity index (χ4n) is 2.29. The molecule has 0 aromatic heterocycles. The van der Waals surface area contributed by atoms with Crippen molar-refractivity contribution < 1.29 is 13.6 Å². The number of carbonyl (C=O) groups is 1. The van der Waals surface area contributed by atoms with Crippen molar-refractivity contribution in [2.75, 3.05) is 27.2 Å². The highest BCUT2D eigenvalue weighted by Gasteiger charge is 2.18. The normalized spacial score (nSPS) is 10.6. The van der Waals surface area contributed by atoms with Gasteiger partial charge in [-0.2, -0.15) is 5.26 Å². The van der Waals surface area contributed by atoms with Crippen molar-refractivity contribution in [1.29, 1.82) is 5.26 Å². The van der Waals surface area contributed by atoms with E-state index in [2.05, 4.69) is 0 Å². The number of amides is 1. The first-order valence-corrected chi connectivity index (χ1v) is 7.79. The SMILES string of the molecule is CN(C)CCN(Cc1ccc(C#N)cc1)C(=O)c1ccc(F)c(F)c1. The van der Waals surface area contributed by atoms with Crippen LogP contribution >= 0.6 is 0 Å². The molecule has 0 fully saturated rings. The van der Waals surface area contributed by atoms with Crippen LogP contribution in [-0.4, -0.2) is 42.9 Å². The molecule has 4 nitrogen and oxygen atoms in total. The summed E-state index contributed by atoms with van der Waals surface area (Å²) in [6.07, 6.45) is 0. The summed E-state index contributed by atoms with van der Waals surface area (Å²) in [5.41, 5.74) is 1.50. The monoisotopic (exact) mass is 343 g/mol. The Balaban J connectivity index is 2.22. The van der Waals surface area contributed by atoms with Crippen LogP contribution in [0.2, 0.25) is 0 Å². The van der Waals surface area contributed by atoms with Crippen molar-refractivity contribution in [3.63, 3.8) is 0 Å². The van der Waals surface area contributed by atoms with Gasteiger partial charge in [0.1, 0.15) is 0 Å². The Bertz CT molecular complexity index is 782. The largest absolute Gasteiger partial charge is 0.333 e. The summed E-state index contributed by atoms with van der Waals surface area (Å²) in [5, 5.41) is 8.85. The third-order valence-electron chi connectivity index (χ3n) is 3.73. The first kappa shape index (κ1) is 18.6. The van der Waals surface area contributed by atoms with Gasteiger partial charge in [0.25, 0.3) is 5.91 Å². The molecule has 2 rings (SSSR count). The number of likely N-dealkylation sites (N-methyl/N-ethyl adjacent to an activating group) is 1.